The largest absolute Gasteiger partial charge is 0.465 e. The van der Waals surface area contributed by atoms with Crippen LogP contribution in [-0.2, 0) is 19.5 Å². The Labute approximate surface area is 218 Å². The Balaban J connectivity index is 1.99. The molecule has 1 heterocycles. The number of carbonyl (C=O) groups excluding carboxylic acids is 2. The van der Waals surface area contributed by atoms with Gasteiger partial charge in [-0.2, -0.15) is 4.31 Å². The van der Waals surface area contributed by atoms with Crippen molar-refractivity contribution in [2.75, 3.05) is 20.2 Å². The van der Waals surface area contributed by atoms with Gasteiger partial charge in [0.25, 0.3) is 0 Å². The van der Waals surface area contributed by atoms with Crippen LogP contribution < -0.4 is 0 Å². The zero-order valence-corrected chi connectivity index (χ0v) is 22.8. The zero-order valence-electron chi connectivity index (χ0n) is 21.2. The van der Waals surface area contributed by atoms with Gasteiger partial charge in [-0.1, -0.05) is 23.7 Å². The van der Waals surface area contributed by atoms with Crippen LogP contribution in [-0.4, -0.2) is 61.5 Å². The molecule has 0 saturated carbocycles. The summed E-state index contributed by atoms with van der Waals surface area (Å²) in [5, 5.41) is 0.431. The van der Waals surface area contributed by atoms with Crippen LogP contribution in [0.25, 0.3) is 0 Å². The molecule has 0 radical (unpaired) electrons. The molecule has 2 aromatic carbocycles. The number of ether oxygens (including phenoxy) is 2. The molecule has 196 valence electrons. The van der Waals surface area contributed by atoms with Gasteiger partial charge in [0.1, 0.15) is 5.60 Å². The van der Waals surface area contributed by atoms with E-state index in [4.69, 9.17) is 21.1 Å². The van der Waals surface area contributed by atoms with Crippen molar-refractivity contribution in [2.45, 2.75) is 63.1 Å². The molecule has 0 aliphatic carbocycles. The lowest BCUT2D eigenvalue weighted by Crippen LogP contribution is -2.53. The van der Waals surface area contributed by atoms with Crippen LogP contribution in [0.2, 0.25) is 5.02 Å². The summed E-state index contributed by atoms with van der Waals surface area (Å²) >= 11 is 6.00. The van der Waals surface area contributed by atoms with Gasteiger partial charge in [-0.05, 0) is 82.5 Å². The number of esters is 1. The Morgan fingerprint density at radius 3 is 2.25 bits per heavy atom. The van der Waals surface area contributed by atoms with E-state index in [2.05, 4.69) is 0 Å². The van der Waals surface area contributed by atoms with Crippen molar-refractivity contribution in [2.24, 2.45) is 0 Å². The molecule has 0 aromatic heterocycles. The number of amides is 1. The summed E-state index contributed by atoms with van der Waals surface area (Å²) in [6, 6.07) is 11.6. The summed E-state index contributed by atoms with van der Waals surface area (Å²) in [7, 11) is -2.67. The van der Waals surface area contributed by atoms with Crippen molar-refractivity contribution in [1.82, 2.24) is 9.21 Å². The third-order valence-corrected chi connectivity index (χ3v) is 8.28. The molecular weight excluding hydrogens is 504 g/mol. The highest BCUT2D eigenvalue weighted by Gasteiger charge is 2.39. The maximum absolute atomic E-state index is 14.0. The number of nitrogens with zero attached hydrogens (tertiary/aromatic N) is 2. The first kappa shape index (κ1) is 28.0. The second-order valence-corrected chi connectivity index (χ2v) is 12.1. The Morgan fingerprint density at radius 1 is 1.08 bits per heavy atom. The molecule has 2 atom stereocenters. The van der Waals surface area contributed by atoms with Crippen molar-refractivity contribution in [3.05, 3.63) is 64.7 Å². The van der Waals surface area contributed by atoms with Crippen LogP contribution in [0.4, 0.5) is 4.79 Å². The van der Waals surface area contributed by atoms with Gasteiger partial charge in [-0.25, -0.2) is 18.0 Å². The minimum atomic E-state index is -3.98. The molecule has 2 aromatic rings. The fraction of sp³-hybridized carbons (Fsp3) is 0.462. The average molecular weight is 537 g/mol. The average Bonchev–Trinajstić information content (AvgIpc) is 2.83. The van der Waals surface area contributed by atoms with Crippen molar-refractivity contribution >= 4 is 33.7 Å². The second kappa shape index (κ2) is 11.2. The number of sulfonamides is 1. The molecule has 0 bridgehead atoms. The highest BCUT2D eigenvalue weighted by Crippen LogP contribution is 2.34. The topological polar surface area (TPSA) is 93.2 Å². The van der Waals surface area contributed by atoms with Gasteiger partial charge >= 0.3 is 12.1 Å². The Kier molecular flexibility index (Phi) is 8.69. The minimum Gasteiger partial charge on any atom is -0.465 e. The van der Waals surface area contributed by atoms with E-state index in [-0.39, 0.29) is 11.4 Å². The van der Waals surface area contributed by atoms with Crippen LogP contribution in [0.15, 0.2) is 53.4 Å². The molecular formula is C26H33ClN2O6S. The van der Waals surface area contributed by atoms with Crippen molar-refractivity contribution < 1.29 is 27.5 Å². The van der Waals surface area contributed by atoms with Crippen molar-refractivity contribution in [1.29, 1.82) is 0 Å². The highest BCUT2D eigenvalue weighted by molar-refractivity contribution is 7.89. The predicted octanol–water partition coefficient (Wildman–Crippen LogP) is 5.28. The fourth-order valence-electron chi connectivity index (χ4n) is 4.27. The van der Waals surface area contributed by atoms with E-state index in [0.29, 0.717) is 35.5 Å². The Bertz CT molecular complexity index is 1180. The quantitative estimate of drug-likeness (QED) is 0.466. The first-order chi connectivity index (χ1) is 16.8. The molecule has 1 saturated heterocycles. The maximum Gasteiger partial charge on any atom is 0.410 e. The normalized spacial score (nSPS) is 17.5. The highest BCUT2D eigenvalue weighted by atomic mass is 35.5. The van der Waals surface area contributed by atoms with Crippen LogP contribution in [0.1, 0.15) is 62.5 Å². The van der Waals surface area contributed by atoms with Crippen LogP contribution in [0.5, 0.6) is 0 Å². The van der Waals surface area contributed by atoms with Gasteiger partial charge in [0, 0.05) is 30.2 Å². The van der Waals surface area contributed by atoms with Gasteiger partial charge in [-0.3, -0.25) is 0 Å². The maximum atomic E-state index is 14.0. The molecule has 36 heavy (non-hydrogen) atoms. The number of piperidine rings is 1. The monoisotopic (exact) mass is 536 g/mol. The first-order valence-electron chi connectivity index (χ1n) is 11.8. The number of rotatable bonds is 6. The summed E-state index contributed by atoms with van der Waals surface area (Å²) < 4.78 is 39.7. The van der Waals surface area contributed by atoms with Gasteiger partial charge in [-0.15, -0.1) is 0 Å². The van der Waals surface area contributed by atoms with E-state index in [0.717, 1.165) is 0 Å². The Morgan fingerprint density at radius 2 is 1.69 bits per heavy atom. The van der Waals surface area contributed by atoms with E-state index < -0.39 is 39.8 Å². The van der Waals surface area contributed by atoms with Gasteiger partial charge in [0.05, 0.1) is 17.6 Å². The molecule has 1 aliphatic heterocycles. The molecule has 10 heteroatoms. The molecule has 2 unspecified atom stereocenters. The Hall–Kier alpha value is -2.62. The lowest BCUT2D eigenvalue weighted by atomic mass is 10.0. The number of hydrogen-bond acceptors (Lipinski definition) is 6. The van der Waals surface area contributed by atoms with E-state index in [1.165, 1.54) is 35.7 Å². The second-order valence-electron chi connectivity index (χ2n) is 9.80. The van der Waals surface area contributed by atoms with Gasteiger partial charge < -0.3 is 14.4 Å². The third-order valence-electron chi connectivity index (χ3n) is 5.99. The molecule has 1 fully saturated rings. The molecule has 3 rings (SSSR count). The number of methoxy groups -OCH3 is 1. The van der Waals surface area contributed by atoms with E-state index in [1.54, 1.807) is 56.9 Å². The summed E-state index contributed by atoms with van der Waals surface area (Å²) in [5.74, 6) is -0.472. The number of halogens is 1. The smallest absolute Gasteiger partial charge is 0.410 e. The molecule has 1 amide bonds. The molecule has 8 nitrogen and oxygen atoms in total. The standard InChI is InChI=1S/C26H33ClN2O6S/c1-18(19-8-10-20(11-9-19)24(30)34-5)29(36(32,33)23-14-12-21(27)13-15-23)22-7-6-16-28(17-22)25(31)35-26(2,3)4/h8-15,18,22H,6-7,16-17H2,1-5H3. The minimum absolute atomic E-state index is 0.110. The number of hydrogen-bond donors (Lipinski definition) is 0. The summed E-state index contributed by atoms with van der Waals surface area (Å²) in [4.78, 5) is 26.3. The van der Waals surface area contributed by atoms with Crippen molar-refractivity contribution in [3.63, 3.8) is 0 Å². The van der Waals surface area contributed by atoms with Crippen LogP contribution >= 0.6 is 11.6 Å². The number of benzene rings is 2. The van der Waals surface area contributed by atoms with E-state index in [9.17, 15) is 18.0 Å². The summed E-state index contributed by atoms with van der Waals surface area (Å²) in [6.45, 7) is 7.87. The molecule has 0 spiro atoms. The van der Waals surface area contributed by atoms with Crippen molar-refractivity contribution in [3.8, 4) is 0 Å². The predicted molar refractivity (Wildman–Crippen MR) is 138 cm³/mol. The lowest BCUT2D eigenvalue weighted by Gasteiger charge is -2.41. The first-order valence-corrected chi connectivity index (χ1v) is 13.6. The van der Waals surface area contributed by atoms with Crippen LogP contribution in [0.3, 0.4) is 0 Å². The molecule has 0 N–H and O–H groups in total. The number of likely N-dealkylation sites (tertiary alicyclic amines) is 1. The lowest BCUT2D eigenvalue weighted by molar-refractivity contribution is 0.0140. The number of carbonyl (C=O) groups is 2. The zero-order chi connectivity index (χ0) is 26.7. The summed E-state index contributed by atoms with van der Waals surface area (Å²) in [5.41, 5.74) is 0.414. The summed E-state index contributed by atoms with van der Waals surface area (Å²) in [6.07, 6.45) is 0.743. The SMILES string of the molecule is COC(=O)c1ccc(C(C)N(C2CCCN(C(=O)OC(C)(C)C)C2)S(=O)(=O)c2ccc(Cl)cc2)cc1. The third kappa shape index (κ3) is 6.57. The van der Waals surface area contributed by atoms with E-state index >= 15 is 0 Å². The van der Waals surface area contributed by atoms with Gasteiger partial charge in [0.15, 0.2) is 0 Å². The molecule has 1 aliphatic rings. The van der Waals surface area contributed by atoms with Crippen LogP contribution in [0, 0.1) is 0 Å². The fourth-order valence-corrected chi connectivity index (χ4v) is 6.22. The van der Waals surface area contributed by atoms with Gasteiger partial charge in [0.2, 0.25) is 10.0 Å². The van der Waals surface area contributed by atoms with E-state index in [1.807, 2.05) is 0 Å².